The number of imidazole rings is 1. The molecule has 2 N–H and O–H groups in total. The monoisotopic (exact) mass is 611 g/mol. The molecule has 2 aromatic heterocycles. The first-order chi connectivity index (χ1) is 20.3. The number of fused-ring (bicyclic) bond motifs is 1. The van der Waals surface area contributed by atoms with Gasteiger partial charge in [-0.25, -0.2) is 15.0 Å². The minimum Gasteiger partial charge on any atom is -0.382 e. The van der Waals surface area contributed by atoms with E-state index in [0.29, 0.717) is 29.9 Å². The zero-order valence-electron chi connectivity index (χ0n) is 26.2. The molecule has 5 atom stereocenters. The number of unbranched alkanes of at least 4 members (excludes halogenated alkanes) is 11. The lowest BCUT2D eigenvalue weighted by Crippen LogP contribution is -2.33. The Morgan fingerprint density at radius 3 is 2.33 bits per heavy atom. The highest BCUT2D eigenvalue weighted by Crippen LogP contribution is 2.52. The van der Waals surface area contributed by atoms with Gasteiger partial charge in [-0.3, -0.25) is 13.6 Å². The van der Waals surface area contributed by atoms with Gasteiger partial charge in [0.25, 0.3) is 0 Å². The Morgan fingerprint density at radius 2 is 1.67 bits per heavy atom. The third-order valence-electron chi connectivity index (χ3n) is 7.58. The highest BCUT2D eigenvalue weighted by molar-refractivity contribution is 7.53. The fourth-order valence-electron chi connectivity index (χ4n) is 5.16. The van der Waals surface area contributed by atoms with Crippen LogP contribution in [0.1, 0.15) is 118 Å². The maximum absolute atomic E-state index is 13.7. The van der Waals surface area contributed by atoms with Crippen LogP contribution in [0.15, 0.2) is 12.7 Å². The van der Waals surface area contributed by atoms with Crippen LogP contribution in [-0.2, 0) is 34.4 Å². The van der Waals surface area contributed by atoms with Crippen LogP contribution in [0.2, 0.25) is 0 Å². The molecule has 1 aliphatic rings. The van der Waals surface area contributed by atoms with Crippen molar-refractivity contribution in [1.29, 1.82) is 0 Å². The van der Waals surface area contributed by atoms with E-state index in [4.69, 9.17) is 29.0 Å². The van der Waals surface area contributed by atoms with E-state index in [2.05, 4.69) is 21.9 Å². The summed E-state index contributed by atoms with van der Waals surface area (Å²) in [6, 6.07) is 0. The highest BCUT2D eigenvalue weighted by Gasteiger charge is 2.36. The van der Waals surface area contributed by atoms with Crippen molar-refractivity contribution >= 4 is 24.6 Å². The minimum atomic E-state index is -3.65. The maximum Gasteiger partial charge on any atom is 0.360 e. The van der Waals surface area contributed by atoms with Crippen LogP contribution in [0.25, 0.3) is 11.2 Å². The van der Waals surface area contributed by atoms with Gasteiger partial charge in [0.2, 0.25) is 0 Å². The van der Waals surface area contributed by atoms with E-state index >= 15 is 0 Å². The van der Waals surface area contributed by atoms with Gasteiger partial charge in [0.05, 0.1) is 31.7 Å². The molecule has 1 fully saturated rings. The second-order valence-electron chi connectivity index (χ2n) is 11.4. The Hall–Kier alpha value is -1.62. The summed E-state index contributed by atoms with van der Waals surface area (Å²) in [7, 11) is -3.65. The summed E-state index contributed by atoms with van der Waals surface area (Å²) in [4.78, 5) is 12.6. The SMILES string of the molecule is CCCCCCCCCCCCCCC(C)OC(CC)OP1(=O)CO[C@@H](Cn2cnc3c(N)ncnc32)COC(C)O1. The predicted molar refractivity (Wildman–Crippen MR) is 165 cm³/mol. The number of nitrogens with zero attached hydrogens (tertiary/aromatic N) is 4. The van der Waals surface area contributed by atoms with Gasteiger partial charge in [-0.1, -0.05) is 90.9 Å². The molecule has 0 bridgehead atoms. The van der Waals surface area contributed by atoms with Gasteiger partial charge in [0.1, 0.15) is 18.2 Å². The molecule has 4 unspecified atom stereocenters. The largest absolute Gasteiger partial charge is 0.382 e. The van der Waals surface area contributed by atoms with Crippen LogP contribution in [0, 0.1) is 0 Å². The summed E-state index contributed by atoms with van der Waals surface area (Å²) < 4.78 is 45.0. The van der Waals surface area contributed by atoms with Crippen molar-refractivity contribution in [2.45, 2.75) is 149 Å². The first kappa shape index (κ1) is 34.9. The van der Waals surface area contributed by atoms with Gasteiger partial charge in [-0.2, -0.15) is 0 Å². The molecule has 0 radical (unpaired) electrons. The van der Waals surface area contributed by atoms with Gasteiger partial charge >= 0.3 is 7.60 Å². The van der Waals surface area contributed by atoms with Crippen LogP contribution in [0.4, 0.5) is 5.82 Å². The molecule has 0 spiro atoms. The molecule has 240 valence electrons. The summed E-state index contributed by atoms with van der Waals surface area (Å²) in [6.45, 7) is 8.58. The molecule has 3 rings (SSSR count). The van der Waals surface area contributed by atoms with E-state index in [0.717, 1.165) is 12.8 Å². The number of nitrogens with two attached hydrogens (primary N) is 1. The van der Waals surface area contributed by atoms with E-state index in [1.54, 1.807) is 13.3 Å². The summed E-state index contributed by atoms with van der Waals surface area (Å²) in [5, 5.41) is 0. The Kier molecular flexibility index (Phi) is 15.7. The lowest BCUT2D eigenvalue weighted by Gasteiger charge is -2.32. The first-order valence-electron chi connectivity index (χ1n) is 16.1. The van der Waals surface area contributed by atoms with Crippen molar-refractivity contribution in [3.8, 4) is 0 Å². The van der Waals surface area contributed by atoms with Crippen molar-refractivity contribution in [2.75, 3.05) is 18.7 Å². The zero-order valence-corrected chi connectivity index (χ0v) is 27.1. The lowest BCUT2D eigenvalue weighted by atomic mass is 10.0. The van der Waals surface area contributed by atoms with E-state index in [9.17, 15) is 4.57 Å². The zero-order chi connectivity index (χ0) is 30.2. The van der Waals surface area contributed by atoms with Crippen LogP contribution in [0.3, 0.4) is 0 Å². The van der Waals surface area contributed by atoms with Crippen LogP contribution in [-0.4, -0.2) is 57.3 Å². The first-order valence-corrected chi connectivity index (χ1v) is 17.8. The molecule has 11 nitrogen and oxygen atoms in total. The third-order valence-corrected chi connectivity index (χ3v) is 9.22. The minimum absolute atomic E-state index is 0.00860. The third kappa shape index (κ3) is 12.2. The molecule has 0 aromatic carbocycles. The van der Waals surface area contributed by atoms with Crippen LogP contribution < -0.4 is 5.73 Å². The fraction of sp³-hybridized carbons (Fsp3) is 0.833. The second kappa shape index (κ2) is 18.9. The molecule has 0 amide bonds. The lowest BCUT2D eigenvalue weighted by molar-refractivity contribution is -0.157. The highest BCUT2D eigenvalue weighted by atomic mass is 31.2. The summed E-state index contributed by atoms with van der Waals surface area (Å²) in [5.41, 5.74) is 7.03. The van der Waals surface area contributed by atoms with E-state index < -0.39 is 26.3 Å². The summed E-state index contributed by atoms with van der Waals surface area (Å²) in [5.74, 6) is 0.312. The number of hydrogen-bond acceptors (Lipinski definition) is 10. The Morgan fingerprint density at radius 1 is 1.00 bits per heavy atom. The average Bonchev–Trinajstić information content (AvgIpc) is 3.38. The van der Waals surface area contributed by atoms with E-state index in [1.807, 2.05) is 18.4 Å². The second-order valence-corrected chi connectivity index (χ2v) is 13.3. The van der Waals surface area contributed by atoms with Crippen LogP contribution in [0.5, 0.6) is 0 Å². The van der Waals surface area contributed by atoms with Crippen molar-refractivity contribution in [3.63, 3.8) is 0 Å². The molecule has 1 aliphatic heterocycles. The van der Waals surface area contributed by atoms with E-state index in [1.165, 1.54) is 77.0 Å². The van der Waals surface area contributed by atoms with Gasteiger partial charge in [-0.15, -0.1) is 0 Å². The number of nitrogen functional groups attached to an aromatic ring is 1. The maximum atomic E-state index is 13.7. The van der Waals surface area contributed by atoms with E-state index in [-0.39, 0.29) is 19.1 Å². The number of aromatic nitrogens is 4. The van der Waals surface area contributed by atoms with Gasteiger partial charge in [-0.05, 0) is 26.7 Å². The normalized spacial score (nSPS) is 23.0. The fourth-order valence-corrected chi connectivity index (χ4v) is 6.80. The molecular weight excluding hydrogens is 557 g/mol. The van der Waals surface area contributed by atoms with Crippen molar-refractivity contribution < 1.29 is 27.8 Å². The van der Waals surface area contributed by atoms with Crippen LogP contribution >= 0.6 is 7.60 Å². The van der Waals surface area contributed by atoms with Crippen molar-refractivity contribution in [2.24, 2.45) is 0 Å². The topological polar surface area (TPSA) is 133 Å². The number of ether oxygens (including phenoxy) is 3. The molecule has 42 heavy (non-hydrogen) atoms. The van der Waals surface area contributed by atoms with Crippen molar-refractivity contribution in [1.82, 2.24) is 19.5 Å². The molecular formula is C30H54N5O6P. The standard InChI is InChI=1S/C30H54N5O6P/c1-5-7-8-9-10-11-12-13-14-15-16-17-18-24(3)39-27(6-2)41-42(36)23-38-26(20-37-25(4)40-42)19-35-22-34-28-29(31)32-21-33-30(28)35/h21-22,24-27H,5-20,23H2,1-4H3,(H2,31,32,33)/t24?,25?,26-,27?,42?/m0/s1. The Balaban J connectivity index is 1.37. The Bertz CT molecular complexity index is 1070. The van der Waals surface area contributed by atoms with Gasteiger partial charge in [0, 0.05) is 0 Å². The smallest absolute Gasteiger partial charge is 0.360 e. The summed E-state index contributed by atoms with van der Waals surface area (Å²) >= 11 is 0. The van der Waals surface area contributed by atoms with Gasteiger partial charge < -0.3 is 24.5 Å². The van der Waals surface area contributed by atoms with Gasteiger partial charge in [0.15, 0.2) is 24.0 Å². The quantitative estimate of drug-likeness (QED) is 0.0907. The molecule has 2 aromatic rings. The molecule has 1 saturated heterocycles. The number of hydrogen-bond donors (Lipinski definition) is 1. The molecule has 0 aliphatic carbocycles. The number of rotatable bonds is 20. The summed E-state index contributed by atoms with van der Waals surface area (Å²) in [6.07, 6.45) is 18.3. The Labute approximate surface area is 252 Å². The molecule has 0 saturated carbocycles. The predicted octanol–water partition coefficient (Wildman–Crippen LogP) is 7.59. The average molecular weight is 612 g/mol. The molecule has 12 heteroatoms. The number of anilines is 1. The molecule has 3 heterocycles. The van der Waals surface area contributed by atoms with Crippen molar-refractivity contribution in [3.05, 3.63) is 12.7 Å².